The average Bonchev–Trinajstić information content (AvgIpc) is 3.28. The highest BCUT2D eigenvalue weighted by atomic mass is 19.1. The summed E-state index contributed by atoms with van der Waals surface area (Å²) in [5.74, 6) is 0.935. The Kier molecular flexibility index (Phi) is 4.46. The van der Waals surface area contributed by atoms with Crippen molar-refractivity contribution in [3.63, 3.8) is 0 Å². The average molecular weight is 382 g/mol. The van der Waals surface area contributed by atoms with Crippen molar-refractivity contribution in [2.24, 2.45) is 0 Å². The van der Waals surface area contributed by atoms with E-state index in [0.29, 0.717) is 28.7 Å². The van der Waals surface area contributed by atoms with E-state index < -0.39 is 5.91 Å². The van der Waals surface area contributed by atoms with Crippen molar-refractivity contribution < 1.29 is 18.7 Å². The lowest BCUT2D eigenvalue weighted by Gasteiger charge is -2.08. The van der Waals surface area contributed by atoms with Gasteiger partial charge in [0.15, 0.2) is 11.5 Å². The highest BCUT2D eigenvalue weighted by Gasteiger charge is 2.22. The Morgan fingerprint density at radius 2 is 1.96 bits per heavy atom. The van der Waals surface area contributed by atoms with Crippen molar-refractivity contribution in [1.29, 1.82) is 0 Å². The minimum Gasteiger partial charge on any atom is -0.454 e. The van der Waals surface area contributed by atoms with Gasteiger partial charge in [-0.3, -0.25) is 4.79 Å². The largest absolute Gasteiger partial charge is 0.454 e. The molecule has 3 aromatic rings. The van der Waals surface area contributed by atoms with Gasteiger partial charge >= 0.3 is 0 Å². The first-order chi connectivity index (χ1) is 13.4. The SMILES string of the molecule is Cc1cc2c(cc1NC(=O)c1nc(C(C)C)n(-c3cccc(F)c3)n1)OCO2. The molecule has 144 valence electrons. The van der Waals surface area contributed by atoms with Gasteiger partial charge in [0.2, 0.25) is 12.6 Å². The van der Waals surface area contributed by atoms with Crippen LogP contribution < -0.4 is 14.8 Å². The second-order valence-corrected chi connectivity index (χ2v) is 6.81. The van der Waals surface area contributed by atoms with E-state index in [2.05, 4.69) is 15.4 Å². The number of rotatable bonds is 4. The minimum atomic E-state index is -0.459. The summed E-state index contributed by atoms with van der Waals surface area (Å²) in [6.07, 6.45) is 0. The molecule has 28 heavy (non-hydrogen) atoms. The third-order valence-electron chi connectivity index (χ3n) is 4.37. The van der Waals surface area contributed by atoms with Gasteiger partial charge in [-0.1, -0.05) is 19.9 Å². The predicted molar refractivity (Wildman–Crippen MR) is 101 cm³/mol. The number of aromatic nitrogens is 3. The van der Waals surface area contributed by atoms with Crippen LogP contribution in [-0.4, -0.2) is 27.5 Å². The summed E-state index contributed by atoms with van der Waals surface area (Å²) < 4.78 is 25.8. The molecule has 1 amide bonds. The van der Waals surface area contributed by atoms with Gasteiger partial charge in [0.1, 0.15) is 11.6 Å². The second-order valence-electron chi connectivity index (χ2n) is 6.81. The molecule has 1 aliphatic rings. The number of nitrogens with one attached hydrogen (secondary N) is 1. The summed E-state index contributed by atoms with van der Waals surface area (Å²) >= 11 is 0. The van der Waals surface area contributed by atoms with Crippen LogP contribution in [0, 0.1) is 12.7 Å². The van der Waals surface area contributed by atoms with Crippen molar-refractivity contribution in [3.05, 3.63) is 59.4 Å². The Labute approximate surface area is 161 Å². The van der Waals surface area contributed by atoms with Gasteiger partial charge in [-0.05, 0) is 36.8 Å². The zero-order valence-corrected chi connectivity index (χ0v) is 15.7. The summed E-state index contributed by atoms with van der Waals surface area (Å²) in [7, 11) is 0. The Bertz CT molecular complexity index is 1060. The van der Waals surface area contributed by atoms with Gasteiger partial charge in [0, 0.05) is 17.7 Å². The maximum Gasteiger partial charge on any atom is 0.295 e. The number of ether oxygens (including phenoxy) is 2. The lowest BCUT2D eigenvalue weighted by molar-refractivity contribution is 0.101. The number of carbonyl (C=O) groups is 1. The molecular weight excluding hydrogens is 363 g/mol. The zero-order valence-electron chi connectivity index (χ0n) is 15.7. The lowest BCUT2D eigenvalue weighted by Crippen LogP contribution is -2.15. The molecule has 0 unspecified atom stereocenters. The van der Waals surface area contributed by atoms with E-state index in [1.165, 1.54) is 16.8 Å². The Balaban J connectivity index is 1.66. The number of aryl methyl sites for hydroxylation is 1. The summed E-state index contributed by atoms with van der Waals surface area (Å²) in [5, 5.41) is 7.12. The molecule has 1 aliphatic heterocycles. The van der Waals surface area contributed by atoms with Crippen LogP contribution in [0.5, 0.6) is 11.5 Å². The zero-order chi connectivity index (χ0) is 19.8. The van der Waals surface area contributed by atoms with E-state index in [1.807, 2.05) is 20.8 Å². The number of benzene rings is 2. The molecule has 2 aromatic carbocycles. The van der Waals surface area contributed by atoms with Crippen molar-refractivity contribution in [3.8, 4) is 17.2 Å². The molecule has 0 saturated heterocycles. The van der Waals surface area contributed by atoms with Crippen LogP contribution in [0.2, 0.25) is 0 Å². The van der Waals surface area contributed by atoms with Crippen molar-refractivity contribution >= 4 is 11.6 Å². The maximum absolute atomic E-state index is 13.6. The highest BCUT2D eigenvalue weighted by molar-refractivity contribution is 6.02. The first-order valence-electron chi connectivity index (χ1n) is 8.87. The molecule has 0 bridgehead atoms. The molecular formula is C20H19FN4O3. The molecule has 2 heterocycles. The molecule has 1 aromatic heterocycles. The Hall–Kier alpha value is -3.42. The van der Waals surface area contributed by atoms with Crippen LogP contribution in [0.25, 0.3) is 5.69 Å². The van der Waals surface area contributed by atoms with Gasteiger partial charge in [-0.15, -0.1) is 5.10 Å². The van der Waals surface area contributed by atoms with E-state index >= 15 is 0 Å². The van der Waals surface area contributed by atoms with Gasteiger partial charge in [0.25, 0.3) is 5.91 Å². The third-order valence-corrected chi connectivity index (χ3v) is 4.37. The van der Waals surface area contributed by atoms with Crippen LogP contribution in [0.1, 0.15) is 41.8 Å². The number of carbonyl (C=O) groups excluding carboxylic acids is 1. The first kappa shape index (κ1) is 18.0. The number of fused-ring (bicyclic) bond motifs is 1. The molecule has 1 N–H and O–H groups in total. The van der Waals surface area contributed by atoms with Gasteiger partial charge < -0.3 is 14.8 Å². The first-order valence-corrected chi connectivity index (χ1v) is 8.87. The number of nitrogens with zero attached hydrogens (tertiary/aromatic N) is 3. The fourth-order valence-corrected chi connectivity index (χ4v) is 2.95. The van der Waals surface area contributed by atoms with E-state index in [-0.39, 0.29) is 24.4 Å². The van der Waals surface area contributed by atoms with Crippen LogP contribution in [0.4, 0.5) is 10.1 Å². The molecule has 0 saturated carbocycles. The molecule has 8 heteroatoms. The van der Waals surface area contributed by atoms with Crippen LogP contribution in [0.15, 0.2) is 36.4 Å². The Morgan fingerprint density at radius 1 is 1.21 bits per heavy atom. The van der Waals surface area contributed by atoms with E-state index in [9.17, 15) is 9.18 Å². The summed E-state index contributed by atoms with van der Waals surface area (Å²) in [6.45, 7) is 5.88. The van der Waals surface area contributed by atoms with E-state index in [4.69, 9.17) is 9.47 Å². The van der Waals surface area contributed by atoms with Crippen LogP contribution in [-0.2, 0) is 0 Å². The second kappa shape index (κ2) is 6.95. The normalized spacial score (nSPS) is 12.5. The fourth-order valence-electron chi connectivity index (χ4n) is 2.95. The Morgan fingerprint density at radius 3 is 2.68 bits per heavy atom. The molecule has 0 atom stereocenters. The molecule has 0 aliphatic carbocycles. The van der Waals surface area contributed by atoms with Crippen molar-refractivity contribution in [2.75, 3.05) is 12.1 Å². The number of hydrogen-bond donors (Lipinski definition) is 1. The van der Waals surface area contributed by atoms with Gasteiger partial charge in [0.05, 0.1) is 5.69 Å². The predicted octanol–water partition coefficient (Wildman–Crippen LogP) is 3.82. The van der Waals surface area contributed by atoms with Crippen molar-refractivity contribution in [1.82, 2.24) is 14.8 Å². The molecule has 7 nitrogen and oxygen atoms in total. The molecule has 0 spiro atoms. The monoisotopic (exact) mass is 382 g/mol. The quantitative estimate of drug-likeness (QED) is 0.742. The number of anilines is 1. The smallest absolute Gasteiger partial charge is 0.295 e. The highest BCUT2D eigenvalue weighted by Crippen LogP contribution is 2.36. The number of halogens is 1. The topological polar surface area (TPSA) is 78.3 Å². The standard InChI is InChI=1S/C20H19FN4O3/c1-11(2)19-23-18(24-25(19)14-6-4-5-13(21)8-14)20(26)22-15-9-17-16(7-12(15)3)27-10-28-17/h4-9,11H,10H2,1-3H3,(H,22,26). The number of amides is 1. The molecule has 4 rings (SSSR count). The summed E-state index contributed by atoms with van der Waals surface area (Å²) in [6, 6.07) is 9.52. The van der Waals surface area contributed by atoms with E-state index in [1.54, 1.807) is 24.3 Å². The van der Waals surface area contributed by atoms with Crippen molar-refractivity contribution in [2.45, 2.75) is 26.7 Å². The van der Waals surface area contributed by atoms with Gasteiger partial charge in [-0.2, -0.15) is 0 Å². The van der Waals surface area contributed by atoms with Gasteiger partial charge in [-0.25, -0.2) is 14.1 Å². The third kappa shape index (κ3) is 3.28. The minimum absolute atomic E-state index is 0.00466. The summed E-state index contributed by atoms with van der Waals surface area (Å²) in [4.78, 5) is 17.1. The molecule has 0 radical (unpaired) electrons. The molecule has 0 fully saturated rings. The van der Waals surface area contributed by atoms with Crippen LogP contribution in [0.3, 0.4) is 0 Å². The fraction of sp³-hybridized carbons (Fsp3) is 0.250. The number of hydrogen-bond acceptors (Lipinski definition) is 5. The summed E-state index contributed by atoms with van der Waals surface area (Å²) in [5.41, 5.74) is 1.92. The van der Waals surface area contributed by atoms with Crippen LogP contribution >= 0.6 is 0 Å². The maximum atomic E-state index is 13.6. The van der Waals surface area contributed by atoms with E-state index in [0.717, 1.165) is 5.56 Å². The lowest BCUT2D eigenvalue weighted by atomic mass is 10.1.